The van der Waals surface area contributed by atoms with Crippen LogP contribution in [-0.2, 0) is 6.42 Å². The molecule has 0 saturated carbocycles. The SMILES string of the molecule is COc1cccc(CC(Br)c2ccc3c(c2)OCO3)c1. The van der Waals surface area contributed by atoms with Gasteiger partial charge in [-0.2, -0.15) is 0 Å². The molecule has 1 aliphatic rings. The lowest BCUT2D eigenvalue weighted by atomic mass is 10.0. The second-order valence-corrected chi connectivity index (χ2v) is 5.74. The van der Waals surface area contributed by atoms with E-state index in [1.165, 1.54) is 11.1 Å². The molecule has 0 N–H and O–H groups in total. The average Bonchev–Trinajstić information content (AvgIpc) is 2.94. The Bertz CT molecular complexity index is 612. The fourth-order valence-electron chi connectivity index (χ4n) is 2.23. The molecule has 4 heteroatoms. The van der Waals surface area contributed by atoms with Gasteiger partial charge in [0.1, 0.15) is 5.75 Å². The summed E-state index contributed by atoms with van der Waals surface area (Å²) in [5, 5.41) is 0. The van der Waals surface area contributed by atoms with E-state index in [2.05, 4.69) is 34.1 Å². The van der Waals surface area contributed by atoms with Crippen molar-refractivity contribution in [2.75, 3.05) is 13.9 Å². The molecule has 0 aliphatic carbocycles. The number of hydrogen-bond donors (Lipinski definition) is 0. The number of halogens is 1. The summed E-state index contributed by atoms with van der Waals surface area (Å²) in [4.78, 5) is 0.226. The first kappa shape index (κ1) is 13.3. The second-order valence-electron chi connectivity index (χ2n) is 4.64. The molecule has 3 rings (SSSR count). The van der Waals surface area contributed by atoms with Crippen molar-refractivity contribution < 1.29 is 14.2 Å². The maximum atomic E-state index is 5.41. The molecule has 3 nitrogen and oxygen atoms in total. The Hall–Kier alpha value is -1.68. The first-order valence-electron chi connectivity index (χ1n) is 6.43. The number of benzene rings is 2. The molecule has 1 aliphatic heterocycles. The fourth-order valence-corrected chi connectivity index (χ4v) is 2.89. The van der Waals surface area contributed by atoms with E-state index in [1.54, 1.807) is 7.11 Å². The topological polar surface area (TPSA) is 27.7 Å². The summed E-state index contributed by atoms with van der Waals surface area (Å²) in [6.07, 6.45) is 0.886. The van der Waals surface area contributed by atoms with Gasteiger partial charge < -0.3 is 14.2 Å². The van der Waals surface area contributed by atoms with E-state index in [1.807, 2.05) is 24.3 Å². The van der Waals surface area contributed by atoms with Gasteiger partial charge in [-0.1, -0.05) is 34.1 Å². The highest BCUT2D eigenvalue weighted by Gasteiger charge is 2.16. The van der Waals surface area contributed by atoms with E-state index in [4.69, 9.17) is 14.2 Å². The van der Waals surface area contributed by atoms with Gasteiger partial charge >= 0.3 is 0 Å². The van der Waals surface area contributed by atoms with Crippen LogP contribution < -0.4 is 14.2 Å². The van der Waals surface area contributed by atoms with Gasteiger partial charge in [-0.05, 0) is 41.8 Å². The van der Waals surface area contributed by atoms with Crippen LogP contribution in [0.25, 0.3) is 0 Å². The van der Waals surface area contributed by atoms with Crippen LogP contribution in [0.2, 0.25) is 0 Å². The highest BCUT2D eigenvalue weighted by Crippen LogP contribution is 2.37. The molecule has 1 atom stereocenters. The smallest absolute Gasteiger partial charge is 0.231 e. The molecule has 0 bridgehead atoms. The monoisotopic (exact) mass is 334 g/mol. The number of ether oxygens (including phenoxy) is 3. The van der Waals surface area contributed by atoms with Gasteiger partial charge in [0.05, 0.1) is 7.11 Å². The van der Waals surface area contributed by atoms with Gasteiger partial charge in [-0.15, -0.1) is 0 Å². The predicted octanol–water partition coefficient (Wildman–Crippen LogP) is 4.10. The zero-order valence-corrected chi connectivity index (χ0v) is 12.7. The summed E-state index contributed by atoms with van der Waals surface area (Å²) in [6.45, 7) is 0.307. The summed E-state index contributed by atoms with van der Waals surface area (Å²) < 4.78 is 16.0. The van der Waals surface area contributed by atoms with Crippen molar-refractivity contribution >= 4 is 15.9 Å². The molecule has 0 saturated heterocycles. The molecule has 104 valence electrons. The number of fused-ring (bicyclic) bond motifs is 1. The Morgan fingerprint density at radius 2 is 2.00 bits per heavy atom. The van der Waals surface area contributed by atoms with Gasteiger partial charge in [-0.3, -0.25) is 0 Å². The highest BCUT2D eigenvalue weighted by atomic mass is 79.9. The molecule has 2 aromatic rings. The van der Waals surface area contributed by atoms with Gasteiger partial charge in [0.15, 0.2) is 11.5 Å². The molecule has 1 unspecified atom stereocenters. The lowest BCUT2D eigenvalue weighted by molar-refractivity contribution is 0.174. The van der Waals surface area contributed by atoms with Crippen molar-refractivity contribution in [2.24, 2.45) is 0 Å². The minimum Gasteiger partial charge on any atom is -0.497 e. The Labute approximate surface area is 126 Å². The first-order valence-corrected chi connectivity index (χ1v) is 7.34. The predicted molar refractivity (Wildman–Crippen MR) is 80.9 cm³/mol. The third-order valence-electron chi connectivity index (χ3n) is 3.31. The third-order valence-corrected chi connectivity index (χ3v) is 4.16. The summed E-state index contributed by atoms with van der Waals surface area (Å²) in [6, 6.07) is 14.2. The van der Waals surface area contributed by atoms with Crippen LogP contribution in [0.3, 0.4) is 0 Å². The number of rotatable bonds is 4. The number of hydrogen-bond acceptors (Lipinski definition) is 3. The van der Waals surface area contributed by atoms with Gasteiger partial charge in [-0.25, -0.2) is 0 Å². The standard InChI is InChI=1S/C16H15BrO3/c1-18-13-4-2-3-11(7-13)8-14(17)12-5-6-15-16(9-12)20-10-19-15/h2-7,9,14H,8,10H2,1H3. The Kier molecular flexibility index (Phi) is 3.83. The molecule has 0 fully saturated rings. The van der Waals surface area contributed by atoms with E-state index < -0.39 is 0 Å². The summed E-state index contributed by atoms with van der Waals surface area (Å²) >= 11 is 3.74. The van der Waals surface area contributed by atoms with Gasteiger partial charge in [0, 0.05) is 4.83 Å². The molecule has 0 amide bonds. The summed E-state index contributed by atoms with van der Waals surface area (Å²) in [7, 11) is 1.68. The zero-order valence-electron chi connectivity index (χ0n) is 11.1. The van der Waals surface area contributed by atoms with Crippen LogP contribution >= 0.6 is 15.9 Å². The number of methoxy groups -OCH3 is 1. The quantitative estimate of drug-likeness (QED) is 0.788. The van der Waals surface area contributed by atoms with Crippen molar-refractivity contribution in [1.82, 2.24) is 0 Å². The third kappa shape index (κ3) is 2.75. The fraction of sp³-hybridized carbons (Fsp3) is 0.250. The van der Waals surface area contributed by atoms with Crippen LogP contribution in [0.4, 0.5) is 0 Å². The second kappa shape index (κ2) is 5.75. The van der Waals surface area contributed by atoms with E-state index in [9.17, 15) is 0 Å². The van der Waals surface area contributed by atoms with Gasteiger partial charge in [0.25, 0.3) is 0 Å². The molecule has 0 radical (unpaired) electrons. The van der Waals surface area contributed by atoms with Crippen LogP contribution in [0.1, 0.15) is 16.0 Å². The largest absolute Gasteiger partial charge is 0.497 e. The maximum absolute atomic E-state index is 5.41. The maximum Gasteiger partial charge on any atom is 0.231 e. The highest BCUT2D eigenvalue weighted by molar-refractivity contribution is 9.09. The molecular formula is C16H15BrO3. The van der Waals surface area contributed by atoms with E-state index >= 15 is 0 Å². The molecule has 0 spiro atoms. The Morgan fingerprint density at radius 1 is 1.15 bits per heavy atom. The Balaban J connectivity index is 1.77. The van der Waals surface area contributed by atoms with E-state index in [0.29, 0.717) is 6.79 Å². The Morgan fingerprint density at radius 3 is 2.85 bits per heavy atom. The van der Waals surface area contributed by atoms with Crippen LogP contribution in [0.15, 0.2) is 42.5 Å². The molecule has 1 heterocycles. The van der Waals surface area contributed by atoms with Crippen molar-refractivity contribution in [2.45, 2.75) is 11.2 Å². The lowest BCUT2D eigenvalue weighted by Gasteiger charge is -2.12. The van der Waals surface area contributed by atoms with E-state index in [-0.39, 0.29) is 4.83 Å². The lowest BCUT2D eigenvalue weighted by Crippen LogP contribution is -1.96. The summed E-state index contributed by atoms with van der Waals surface area (Å²) in [5.41, 5.74) is 2.40. The zero-order chi connectivity index (χ0) is 13.9. The minimum absolute atomic E-state index is 0.226. The molecular weight excluding hydrogens is 320 g/mol. The van der Waals surface area contributed by atoms with Crippen LogP contribution in [0.5, 0.6) is 17.2 Å². The van der Waals surface area contributed by atoms with Crippen molar-refractivity contribution in [3.05, 3.63) is 53.6 Å². The first-order chi connectivity index (χ1) is 9.76. The number of alkyl halides is 1. The summed E-state index contributed by atoms with van der Waals surface area (Å²) in [5.74, 6) is 2.51. The minimum atomic E-state index is 0.226. The van der Waals surface area contributed by atoms with Crippen LogP contribution in [-0.4, -0.2) is 13.9 Å². The van der Waals surface area contributed by atoms with Crippen molar-refractivity contribution in [3.8, 4) is 17.2 Å². The molecule has 0 aromatic heterocycles. The normalized spacial score (nSPS) is 14.1. The van der Waals surface area contributed by atoms with E-state index in [0.717, 1.165) is 23.7 Å². The van der Waals surface area contributed by atoms with Gasteiger partial charge in [0.2, 0.25) is 6.79 Å². The average molecular weight is 335 g/mol. The van der Waals surface area contributed by atoms with Crippen molar-refractivity contribution in [3.63, 3.8) is 0 Å². The molecule has 20 heavy (non-hydrogen) atoms. The molecule has 2 aromatic carbocycles. The van der Waals surface area contributed by atoms with Crippen molar-refractivity contribution in [1.29, 1.82) is 0 Å². The van der Waals surface area contributed by atoms with Crippen LogP contribution in [0, 0.1) is 0 Å².